The largest absolute Gasteiger partial charge is 0.321 e. The molecule has 1 heterocycles. The molecule has 1 aromatic heterocycles. The Hall–Kier alpha value is -1.52. The summed E-state index contributed by atoms with van der Waals surface area (Å²) in [6.45, 7) is 0. The number of hydrogen-bond acceptors (Lipinski definition) is 5. The Labute approximate surface area is 138 Å². The summed E-state index contributed by atoms with van der Waals surface area (Å²) in [4.78, 5) is 14.8. The maximum atomic E-state index is 11.1. The van der Waals surface area contributed by atoms with Crippen LogP contribution in [0.3, 0.4) is 0 Å². The average molecular weight is 361 g/mol. The fourth-order valence-corrected chi connectivity index (χ4v) is 3.12. The molecule has 1 aromatic carbocycles. The fourth-order valence-electron chi connectivity index (χ4n) is 1.46. The molecule has 0 saturated heterocycles. The molecule has 2 aromatic rings. The Balaban J connectivity index is 2.57. The average Bonchev–Trinajstić information content (AvgIpc) is 2.43. The minimum absolute atomic E-state index is 0.0576. The van der Waals surface area contributed by atoms with Crippen LogP contribution in [0.15, 0.2) is 34.2 Å². The Kier molecular flexibility index (Phi) is 4.91. The van der Waals surface area contributed by atoms with E-state index in [0.717, 1.165) is 11.8 Å². The number of pyridine rings is 1. The molecular weight excluding hydrogens is 357 g/mol. The van der Waals surface area contributed by atoms with E-state index in [9.17, 15) is 10.1 Å². The first-order valence-corrected chi connectivity index (χ1v) is 7.25. The number of benzene rings is 1. The van der Waals surface area contributed by atoms with E-state index in [-0.39, 0.29) is 15.6 Å². The van der Waals surface area contributed by atoms with Crippen molar-refractivity contribution in [2.75, 3.05) is 0 Å². The van der Waals surface area contributed by atoms with Gasteiger partial charge >= 0.3 is 5.69 Å². The molecule has 0 N–H and O–H groups in total. The van der Waals surface area contributed by atoms with Crippen LogP contribution in [-0.2, 0) is 0 Å². The van der Waals surface area contributed by atoms with Crippen molar-refractivity contribution in [2.45, 2.75) is 9.79 Å². The smallest absolute Gasteiger partial charge is 0.258 e. The minimum atomic E-state index is -0.671. The normalized spacial score (nSPS) is 10.2. The number of nitriles is 1. The van der Waals surface area contributed by atoms with Gasteiger partial charge in [-0.15, -0.1) is 0 Å². The zero-order chi connectivity index (χ0) is 15.6. The third-order valence-corrected chi connectivity index (χ3v) is 4.50. The van der Waals surface area contributed by atoms with E-state index in [1.54, 1.807) is 18.2 Å². The highest BCUT2D eigenvalue weighted by molar-refractivity contribution is 7.99. The van der Waals surface area contributed by atoms with E-state index >= 15 is 0 Å². The zero-order valence-corrected chi connectivity index (χ0v) is 13.1. The molecule has 0 aliphatic heterocycles. The summed E-state index contributed by atoms with van der Waals surface area (Å²) in [5.41, 5.74) is -0.353. The van der Waals surface area contributed by atoms with Crippen LogP contribution >= 0.6 is 46.6 Å². The molecule has 5 nitrogen and oxygen atoms in total. The van der Waals surface area contributed by atoms with Crippen molar-refractivity contribution in [2.24, 2.45) is 0 Å². The number of aromatic nitrogens is 1. The van der Waals surface area contributed by atoms with Crippen molar-refractivity contribution in [3.05, 3.63) is 55.3 Å². The number of nitro groups is 1. The molecule has 0 fully saturated rings. The summed E-state index contributed by atoms with van der Waals surface area (Å²) in [5, 5.41) is 20.6. The van der Waals surface area contributed by atoms with E-state index in [0.29, 0.717) is 14.9 Å². The molecule has 21 heavy (non-hydrogen) atoms. The Morgan fingerprint density at radius 2 is 2.00 bits per heavy atom. The van der Waals surface area contributed by atoms with Gasteiger partial charge in [-0.25, -0.2) is 4.98 Å². The van der Waals surface area contributed by atoms with Gasteiger partial charge < -0.3 is 0 Å². The van der Waals surface area contributed by atoms with Crippen LogP contribution < -0.4 is 0 Å². The van der Waals surface area contributed by atoms with Crippen LogP contribution in [0, 0.1) is 21.4 Å². The second-order valence-electron chi connectivity index (χ2n) is 3.69. The lowest BCUT2D eigenvalue weighted by Crippen LogP contribution is -1.97. The van der Waals surface area contributed by atoms with Crippen molar-refractivity contribution in [1.82, 2.24) is 4.98 Å². The summed E-state index contributed by atoms with van der Waals surface area (Å²) >= 11 is 18.5. The monoisotopic (exact) mass is 359 g/mol. The second-order valence-corrected chi connectivity index (χ2v) is 5.94. The van der Waals surface area contributed by atoms with Crippen molar-refractivity contribution in [1.29, 1.82) is 5.26 Å². The predicted octanol–water partition coefficient (Wildman–Crippen LogP) is 4.97. The van der Waals surface area contributed by atoms with Gasteiger partial charge in [0, 0.05) is 11.1 Å². The Morgan fingerprint density at radius 3 is 2.57 bits per heavy atom. The van der Waals surface area contributed by atoms with Gasteiger partial charge in [-0.2, -0.15) is 5.26 Å². The maximum Gasteiger partial charge on any atom is 0.321 e. The third kappa shape index (κ3) is 3.39. The van der Waals surface area contributed by atoms with E-state index in [1.807, 2.05) is 6.07 Å². The fraction of sp³-hybridized carbons (Fsp3) is 0. The SMILES string of the molecule is N#Cc1cnc(Cl)c([N+](=O)[O-])c1Sc1ccc(Cl)c(Cl)c1. The summed E-state index contributed by atoms with van der Waals surface area (Å²) in [7, 11) is 0. The van der Waals surface area contributed by atoms with Gasteiger partial charge in [-0.1, -0.05) is 46.6 Å². The molecule has 0 aliphatic rings. The molecule has 0 aliphatic carbocycles. The Morgan fingerprint density at radius 1 is 1.29 bits per heavy atom. The van der Waals surface area contributed by atoms with Gasteiger partial charge in [0.15, 0.2) is 0 Å². The first-order valence-electron chi connectivity index (χ1n) is 5.30. The molecule has 9 heteroatoms. The molecule has 0 bridgehead atoms. The quantitative estimate of drug-likeness (QED) is 0.438. The van der Waals surface area contributed by atoms with Crippen molar-refractivity contribution < 1.29 is 4.92 Å². The summed E-state index contributed by atoms with van der Waals surface area (Å²) in [6, 6.07) is 6.61. The zero-order valence-electron chi connectivity index (χ0n) is 10.0. The Bertz CT molecular complexity index is 777. The lowest BCUT2D eigenvalue weighted by molar-refractivity contribution is -0.387. The molecule has 0 unspecified atom stereocenters. The number of rotatable bonds is 3. The van der Waals surface area contributed by atoms with Crippen LogP contribution in [0.25, 0.3) is 0 Å². The molecular formula is C12H4Cl3N3O2S. The molecule has 0 saturated carbocycles. The molecule has 2 rings (SSSR count). The molecule has 0 radical (unpaired) electrons. The summed E-state index contributed by atoms with van der Waals surface area (Å²) in [5.74, 6) is 0. The summed E-state index contributed by atoms with van der Waals surface area (Å²) in [6.07, 6.45) is 1.19. The topological polar surface area (TPSA) is 79.8 Å². The van der Waals surface area contributed by atoms with Crippen molar-refractivity contribution >= 4 is 52.3 Å². The number of halogens is 3. The van der Waals surface area contributed by atoms with Gasteiger partial charge in [0.05, 0.1) is 20.5 Å². The van der Waals surface area contributed by atoms with Crippen LogP contribution in [0.1, 0.15) is 5.56 Å². The highest BCUT2D eigenvalue weighted by Crippen LogP contribution is 2.41. The molecule has 106 valence electrons. The highest BCUT2D eigenvalue weighted by atomic mass is 35.5. The van der Waals surface area contributed by atoms with Crippen LogP contribution in [0.5, 0.6) is 0 Å². The molecule has 0 spiro atoms. The lowest BCUT2D eigenvalue weighted by atomic mass is 10.3. The third-order valence-electron chi connectivity index (χ3n) is 2.38. The van der Waals surface area contributed by atoms with Crippen LogP contribution in [-0.4, -0.2) is 9.91 Å². The van der Waals surface area contributed by atoms with Crippen LogP contribution in [0.4, 0.5) is 5.69 Å². The van der Waals surface area contributed by atoms with E-state index in [1.165, 1.54) is 6.20 Å². The van der Waals surface area contributed by atoms with E-state index in [2.05, 4.69) is 4.98 Å². The maximum absolute atomic E-state index is 11.1. The van der Waals surface area contributed by atoms with Gasteiger partial charge in [-0.05, 0) is 18.2 Å². The van der Waals surface area contributed by atoms with Gasteiger partial charge in [0.25, 0.3) is 0 Å². The van der Waals surface area contributed by atoms with E-state index < -0.39 is 10.6 Å². The minimum Gasteiger partial charge on any atom is -0.258 e. The van der Waals surface area contributed by atoms with Gasteiger partial charge in [0.2, 0.25) is 5.15 Å². The predicted molar refractivity (Wildman–Crippen MR) is 81.2 cm³/mol. The standard InChI is InChI=1S/C12H4Cl3N3O2S/c13-8-2-1-7(3-9(8)14)21-11-6(4-16)5-17-12(15)10(11)18(19)20/h1-3,5H. The summed E-state index contributed by atoms with van der Waals surface area (Å²) < 4.78 is 0. The van der Waals surface area contributed by atoms with Crippen molar-refractivity contribution in [3.63, 3.8) is 0 Å². The lowest BCUT2D eigenvalue weighted by Gasteiger charge is -2.06. The van der Waals surface area contributed by atoms with Crippen LogP contribution in [0.2, 0.25) is 15.2 Å². The molecule has 0 atom stereocenters. The van der Waals surface area contributed by atoms with Gasteiger partial charge in [-0.3, -0.25) is 10.1 Å². The van der Waals surface area contributed by atoms with Crippen molar-refractivity contribution in [3.8, 4) is 6.07 Å². The highest BCUT2D eigenvalue weighted by Gasteiger charge is 2.25. The van der Waals surface area contributed by atoms with Gasteiger partial charge in [0.1, 0.15) is 11.0 Å². The second kappa shape index (κ2) is 6.50. The number of nitrogens with zero attached hydrogens (tertiary/aromatic N) is 3. The number of hydrogen-bond donors (Lipinski definition) is 0. The first kappa shape index (κ1) is 15.9. The first-order chi connectivity index (χ1) is 9.93. The molecule has 0 amide bonds. The van der Waals surface area contributed by atoms with E-state index in [4.69, 9.17) is 40.1 Å².